The lowest BCUT2D eigenvalue weighted by Gasteiger charge is -2.34. The van der Waals surface area contributed by atoms with E-state index in [0.29, 0.717) is 6.04 Å². The van der Waals surface area contributed by atoms with E-state index in [4.69, 9.17) is 0 Å². The fraction of sp³-hybridized carbons (Fsp3) is 0.588. The number of benzene rings is 1. The summed E-state index contributed by atoms with van der Waals surface area (Å²) in [5.41, 5.74) is 1.76. The number of hydrogen-bond donors (Lipinski definition) is 1. The van der Waals surface area contributed by atoms with Crippen LogP contribution in [0.1, 0.15) is 56.3 Å². The summed E-state index contributed by atoms with van der Waals surface area (Å²) >= 11 is 0. The molecule has 0 aliphatic heterocycles. The highest BCUT2D eigenvalue weighted by Crippen LogP contribution is 2.25. The summed E-state index contributed by atoms with van der Waals surface area (Å²) in [6.45, 7) is 5.77. The maximum atomic E-state index is 12.9. The summed E-state index contributed by atoms with van der Waals surface area (Å²) < 4.78 is 0. The van der Waals surface area contributed by atoms with E-state index in [1.165, 1.54) is 19.3 Å². The van der Waals surface area contributed by atoms with Gasteiger partial charge >= 0.3 is 0 Å². The molecule has 0 saturated heterocycles. The van der Waals surface area contributed by atoms with Crippen molar-refractivity contribution in [1.29, 1.82) is 0 Å². The maximum absolute atomic E-state index is 12.9. The van der Waals surface area contributed by atoms with Crippen LogP contribution in [0.4, 0.5) is 5.69 Å². The van der Waals surface area contributed by atoms with Crippen LogP contribution in [0, 0.1) is 0 Å². The van der Waals surface area contributed by atoms with Crippen molar-refractivity contribution < 1.29 is 4.79 Å². The molecule has 0 unspecified atom stereocenters. The molecule has 1 aliphatic rings. The van der Waals surface area contributed by atoms with Gasteiger partial charge in [0.05, 0.1) is 5.56 Å². The second kappa shape index (κ2) is 7.32. The van der Waals surface area contributed by atoms with E-state index in [1.807, 2.05) is 24.3 Å². The molecule has 0 spiro atoms. The Morgan fingerprint density at radius 3 is 2.55 bits per heavy atom. The predicted octanol–water partition coefficient (Wildman–Crippen LogP) is 3.91. The van der Waals surface area contributed by atoms with Crippen molar-refractivity contribution in [3.05, 3.63) is 29.8 Å². The number of carbonyl (C=O) groups excluding carboxylic acids is 1. The minimum absolute atomic E-state index is 0.177. The second-order valence-electron chi connectivity index (χ2n) is 5.46. The Hall–Kier alpha value is -1.51. The molecule has 20 heavy (non-hydrogen) atoms. The van der Waals surface area contributed by atoms with Gasteiger partial charge in [-0.1, -0.05) is 31.4 Å². The average molecular weight is 274 g/mol. The van der Waals surface area contributed by atoms with Gasteiger partial charge in [-0.15, -0.1) is 0 Å². The lowest BCUT2D eigenvalue weighted by molar-refractivity contribution is 0.0649. The highest BCUT2D eigenvalue weighted by molar-refractivity contribution is 5.99. The highest BCUT2D eigenvalue weighted by Gasteiger charge is 2.26. The van der Waals surface area contributed by atoms with Crippen LogP contribution in [0.25, 0.3) is 0 Å². The van der Waals surface area contributed by atoms with Gasteiger partial charge in [0.25, 0.3) is 5.91 Å². The highest BCUT2D eigenvalue weighted by atomic mass is 16.2. The smallest absolute Gasteiger partial charge is 0.256 e. The van der Waals surface area contributed by atoms with Gasteiger partial charge < -0.3 is 10.2 Å². The van der Waals surface area contributed by atoms with Crippen molar-refractivity contribution in [3.8, 4) is 0 Å². The fourth-order valence-electron chi connectivity index (χ4n) is 3.13. The molecule has 3 heteroatoms. The SMILES string of the molecule is CCNc1ccccc1C(=O)N(CC)C1CCCCC1. The number of rotatable bonds is 5. The van der Waals surface area contributed by atoms with Crippen LogP contribution in [0.5, 0.6) is 0 Å². The first-order valence-corrected chi connectivity index (χ1v) is 7.91. The van der Waals surface area contributed by atoms with Crippen LogP contribution in [0.2, 0.25) is 0 Å². The molecule has 2 rings (SSSR count). The molecule has 1 aromatic carbocycles. The monoisotopic (exact) mass is 274 g/mol. The van der Waals surface area contributed by atoms with Gasteiger partial charge in [-0.2, -0.15) is 0 Å². The minimum atomic E-state index is 0.177. The van der Waals surface area contributed by atoms with E-state index in [0.717, 1.165) is 37.2 Å². The van der Waals surface area contributed by atoms with Gasteiger partial charge in [0.15, 0.2) is 0 Å². The second-order valence-corrected chi connectivity index (χ2v) is 5.46. The van der Waals surface area contributed by atoms with Crippen LogP contribution >= 0.6 is 0 Å². The molecular weight excluding hydrogens is 248 g/mol. The third-order valence-electron chi connectivity index (χ3n) is 4.14. The largest absolute Gasteiger partial charge is 0.385 e. The topological polar surface area (TPSA) is 32.3 Å². The van der Waals surface area contributed by atoms with Gasteiger partial charge in [-0.25, -0.2) is 0 Å². The number of nitrogens with zero attached hydrogens (tertiary/aromatic N) is 1. The predicted molar refractivity (Wildman–Crippen MR) is 84.2 cm³/mol. The van der Waals surface area contributed by atoms with Crippen molar-refractivity contribution in [2.75, 3.05) is 18.4 Å². The summed E-state index contributed by atoms with van der Waals surface area (Å²) in [5.74, 6) is 0.177. The maximum Gasteiger partial charge on any atom is 0.256 e. The summed E-state index contributed by atoms with van der Waals surface area (Å²) in [7, 11) is 0. The summed E-state index contributed by atoms with van der Waals surface area (Å²) in [5, 5.41) is 3.29. The Kier molecular flexibility index (Phi) is 5.45. The molecule has 0 heterocycles. The molecule has 1 fully saturated rings. The molecule has 110 valence electrons. The van der Waals surface area contributed by atoms with Crippen LogP contribution in [0.15, 0.2) is 24.3 Å². The lowest BCUT2D eigenvalue weighted by Crippen LogP contribution is -2.41. The zero-order valence-electron chi connectivity index (χ0n) is 12.7. The number of amides is 1. The molecule has 0 atom stereocenters. The van der Waals surface area contributed by atoms with Crippen LogP contribution < -0.4 is 5.32 Å². The first-order chi connectivity index (χ1) is 9.77. The zero-order chi connectivity index (χ0) is 14.4. The molecule has 1 saturated carbocycles. The number of carbonyl (C=O) groups is 1. The van der Waals surface area contributed by atoms with E-state index in [9.17, 15) is 4.79 Å². The van der Waals surface area contributed by atoms with E-state index in [-0.39, 0.29) is 5.91 Å². The number of hydrogen-bond acceptors (Lipinski definition) is 2. The lowest BCUT2D eigenvalue weighted by atomic mass is 9.93. The van der Waals surface area contributed by atoms with Crippen LogP contribution in [-0.2, 0) is 0 Å². The third-order valence-corrected chi connectivity index (χ3v) is 4.14. The molecule has 0 aromatic heterocycles. The molecule has 1 aliphatic carbocycles. The first kappa shape index (κ1) is 14.9. The normalized spacial score (nSPS) is 15.9. The Morgan fingerprint density at radius 2 is 1.90 bits per heavy atom. The van der Waals surface area contributed by atoms with Gasteiger partial charge in [0.1, 0.15) is 0 Å². The van der Waals surface area contributed by atoms with Crippen LogP contribution in [-0.4, -0.2) is 29.9 Å². The summed E-state index contributed by atoms with van der Waals surface area (Å²) in [6, 6.07) is 8.28. The zero-order valence-corrected chi connectivity index (χ0v) is 12.7. The molecule has 1 aromatic rings. The summed E-state index contributed by atoms with van der Waals surface area (Å²) in [4.78, 5) is 14.9. The van der Waals surface area contributed by atoms with Gasteiger partial charge in [0.2, 0.25) is 0 Å². The van der Waals surface area contributed by atoms with Crippen molar-refractivity contribution >= 4 is 11.6 Å². The van der Waals surface area contributed by atoms with E-state index in [1.54, 1.807) is 0 Å². The van der Waals surface area contributed by atoms with E-state index in [2.05, 4.69) is 24.1 Å². The average Bonchev–Trinajstić information content (AvgIpc) is 2.50. The van der Waals surface area contributed by atoms with Gasteiger partial charge in [-0.3, -0.25) is 4.79 Å². The van der Waals surface area contributed by atoms with Crippen molar-refractivity contribution in [3.63, 3.8) is 0 Å². The van der Waals surface area contributed by atoms with Gasteiger partial charge in [-0.05, 0) is 38.8 Å². The van der Waals surface area contributed by atoms with Crippen molar-refractivity contribution in [2.24, 2.45) is 0 Å². The Morgan fingerprint density at radius 1 is 1.20 bits per heavy atom. The number of para-hydroxylation sites is 1. The van der Waals surface area contributed by atoms with E-state index < -0.39 is 0 Å². The van der Waals surface area contributed by atoms with Crippen molar-refractivity contribution in [1.82, 2.24) is 4.90 Å². The van der Waals surface area contributed by atoms with Crippen LogP contribution in [0.3, 0.4) is 0 Å². The molecule has 1 amide bonds. The number of anilines is 1. The minimum Gasteiger partial charge on any atom is -0.385 e. The quantitative estimate of drug-likeness (QED) is 0.882. The third kappa shape index (κ3) is 3.33. The molecule has 0 radical (unpaired) electrons. The summed E-state index contributed by atoms with van der Waals surface area (Å²) in [6.07, 6.45) is 6.13. The van der Waals surface area contributed by atoms with E-state index >= 15 is 0 Å². The Balaban J connectivity index is 2.19. The standard InChI is InChI=1S/C17H26N2O/c1-3-18-16-13-9-8-12-15(16)17(20)19(4-2)14-10-6-5-7-11-14/h8-9,12-14,18H,3-7,10-11H2,1-2H3. The molecular formula is C17H26N2O. The Labute approximate surface area is 122 Å². The number of nitrogens with one attached hydrogen (secondary N) is 1. The van der Waals surface area contributed by atoms with Crippen molar-refractivity contribution in [2.45, 2.75) is 52.0 Å². The Bertz CT molecular complexity index is 438. The fourth-order valence-corrected chi connectivity index (χ4v) is 3.13. The molecule has 1 N–H and O–H groups in total. The van der Waals surface area contributed by atoms with Gasteiger partial charge in [0, 0.05) is 24.8 Å². The molecule has 0 bridgehead atoms. The molecule has 3 nitrogen and oxygen atoms in total. The first-order valence-electron chi connectivity index (χ1n) is 7.91.